The first-order valence-corrected chi connectivity index (χ1v) is 18.7. The molecule has 0 spiro atoms. The number of rotatable bonds is 22. The predicted octanol–water partition coefficient (Wildman–Crippen LogP) is 5.43. The van der Waals surface area contributed by atoms with E-state index in [0.29, 0.717) is 10.2 Å². The summed E-state index contributed by atoms with van der Waals surface area (Å²) in [6, 6.07) is 0. The topological polar surface area (TPSA) is 73.8 Å². The van der Waals surface area contributed by atoms with Gasteiger partial charge in [-0.25, -0.2) is 0 Å². The summed E-state index contributed by atoms with van der Waals surface area (Å²) in [4.78, 5) is 0. The van der Waals surface area contributed by atoms with E-state index in [-0.39, 0.29) is 36.6 Å². The van der Waals surface area contributed by atoms with Gasteiger partial charge in [0.1, 0.15) is 5.91 Å². The maximum atomic E-state index is 6.56. The van der Waals surface area contributed by atoms with Crippen LogP contribution in [0.5, 0.6) is 0 Å². The summed E-state index contributed by atoms with van der Waals surface area (Å²) in [5, 5.41) is 0. The molecule has 11 heteroatoms. The first-order valence-electron chi connectivity index (χ1n) is 14.3. The third-order valence-electron chi connectivity index (χ3n) is 6.14. The molecule has 0 aliphatic heterocycles. The minimum absolute atomic E-state index is 0.0928. The molecule has 0 bridgehead atoms. The fourth-order valence-electron chi connectivity index (χ4n) is 2.74. The second kappa shape index (κ2) is 18.6. The Morgan fingerprint density at radius 3 is 0.694 bits per heavy atom. The first kappa shape index (κ1) is 36.3. The highest BCUT2D eigenvalue weighted by atomic mass is 28.4. The Labute approximate surface area is 227 Å². The quantitative estimate of drug-likeness (QED) is 0.126. The lowest BCUT2D eigenvalue weighted by Crippen LogP contribution is -2.60. The SMILES string of the molecule is CCC(C)O[Si](OC(C)CC)(OC(C)CC)OC([SiH3])O[Si](OC(C)CC)(OC(C)CC)OC(C)CC. The highest BCUT2D eigenvalue weighted by Gasteiger charge is 2.55. The Morgan fingerprint density at radius 2 is 0.556 bits per heavy atom. The average Bonchev–Trinajstić information content (AvgIpc) is 2.82. The average molecular weight is 571 g/mol. The third kappa shape index (κ3) is 13.9. The monoisotopic (exact) mass is 570 g/mol. The van der Waals surface area contributed by atoms with E-state index in [0.717, 1.165) is 38.5 Å². The molecule has 0 saturated carbocycles. The van der Waals surface area contributed by atoms with Crippen molar-refractivity contribution in [3.63, 3.8) is 0 Å². The van der Waals surface area contributed by atoms with E-state index in [2.05, 4.69) is 41.5 Å². The maximum Gasteiger partial charge on any atom is 0.682 e. The number of hydrogen-bond acceptors (Lipinski definition) is 8. The Kier molecular flexibility index (Phi) is 18.8. The van der Waals surface area contributed by atoms with E-state index in [9.17, 15) is 0 Å². The predicted molar refractivity (Wildman–Crippen MR) is 152 cm³/mol. The van der Waals surface area contributed by atoms with E-state index in [4.69, 9.17) is 35.4 Å². The summed E-state index contributed by atoms with van der Waals surface area (Å²) in [6.45, 7) is 24.5. The largest absolute Gasteiger partial charge is 0.682 e. The summed E-state index contributed by atoms with van der Waals surface area (Å²) < 4.78 is 51.7. The molecule has 0 aromatic heterocycles. The van der Waals surface area contributed by atoms with Crippen LogP contribution >= 0.6 is 0 Å². The van der Waals surface area contributed by atoms with Crippen molar-refractivity contribution in [3.05, 3.63) is 0 Å². The van der Waals surface area contributed by atoms with Crippen LogP contribution in [0.2, 0.25) is 0 Å². The third-order valence-corrected chi connectivity index (χ3v) is 12.9. The van der Waals surface area contributed by atoms with Crippen LogP contribution in [0.1, 0.15) is 122 Å². The lowest BCUT2D eigenvalue weighted by molar-refractivity contribution is -0.155. The molecule has 6 atom stereocenters. The molecule has 0 saturated heterocycles. The Hall–Kier alpha value is 0.331. The Bertz CT molecular complexity index is 451. The van der Waals surface area contributed by atoms with Crippen LogP contribution in [0.15, 0.2) is 0 Å². The molecule has 0 aliphatic rings. The fourth-order valence-corrected chi connectivity index (χ4v) is 10.1. The van der Waals surface area contributed by atoms with Gasteiger partial charge in [0.05, 0.1) is 10.2 Å². The van der Waals surface area contributed by atoms with Crippen LogP contribution < -0.4 is 0 Å². The van der Waals surface area contributed by atoms with Gasteiger partial charge in [0.15, 0.2) is 0 Å². The van der Waals surface area contributed by atoms with Crippen LogP contribution in [0, 0.1) is 0 Å². The summed E-state index contributed by atoms with van der Waals surface area (Å²) >= 11 is 0. The van der Waals surface area contributed by atoms with Gasteiger partial charge in [-0.05, 0) is 80.1 Å². The van der Waals surface area contributed by atoms with E-state index >= 15 is 0 Å². The Morgan fingerprint density at radius 1 is 0.389 bits per heavy atom. The van der Waals surface area contributed by atoms with Crippen LogP contribution in [0.4, 0.5) is 0 Å². The zero-order valence-corrected chi connectivity index (χ0v) is 29.6. The zero-order chi connectivity index (χ0) is 27.9. The Balaban J connectivity index is 6.28. The van der Waals surface area contributed by atoms with E-state index < -0.39 is 24.0 Å². The van der Waals surface area contributed by atoms with Gasteiger partial charge in [-0.1, -0.05) is 41.5 Å². The number of hydrogen-bond donors (Lipinski definition) is 0. The highest BCUT2D eigenvalue weighted by Crippen LogP contribution is 2.27. The zero-order valence-electron chi connectivity index (χ0n) is 25.6. The molecular formula is C25H58O8Si3. The van der Waals surface area contributed by atoms with Crippen LogP contribution in [0.25, 0.3) is 0 Å². The van der Waals surface area contributed by atoms with Gasteiger partial charge in [-0.2, -0.15) is 0 Å². The molecule has 0 rings (SSSR count). The fraction of sp³-hybridized carbons (Fsp3) is 1.00. The van der Waals surface area contributed by atoms with Crippen LogP contribution in [0.3, 0.4) is 0 Å². The lowest BCUT2D eigenvalue weighted by atomic mass is 10.3. The molecule has 8 nitrogen and oxygen atoms in total. The van der Waals surface area contributed by atoms with E-state index in [1.54, 1.807) is 0 Å². The molecular weight excluding hydrogens is 513 g/mol. The van der Waals surface area contributed by atoms with Gasteiger partial charge in [0.25, 0.3) is 0 Å². The van der Waals surface area contributed by atoms with Gasteiger partial charge in [0.2, 0.25) is 0 Å². The van der Waals surface area contributed by atoms with Crippen molar-refractivity contribution in [2.45, 2.75) is 164 Å². The van der Waals surface area contributed by atoms with Gasteiger partial charge >= 0.3 is 18.1 Å². The molecule has 0 heterocycles. The van der Waals surface area contributed by atoms with Crippen LogP contribution in [-0.4, -0.2) is 70.9 Å². The summed E-state index contributed by atoms with van der Waals surface area (Å²) in [7, 11) is -6.67. The molecule has 0 aliphatic carbocycles. The lowest BCUT2D eigenvalue weighted by Gasteiger charge is -2.39. The van der Waals surface area contributed by atoms with E-state index in [1.807, 2.05) is 41.5 Å². The molecule has 6 unspecified atom stereocenters. The van der Waals surface area contributed by atoms with Crippen molar-refractivity contribution in [2.24, 2.45) is 0 Å². The van der Waals surface area contributed by atoms with Crippen molar-refractivity contribution in [1.82, 2.24) is 0 Å². The molecule has 0 N–H and O–H groups in total. The van der Waals surface area contributed by atoms with Crippen molar-refractivity contribution >= 4 is 28.3 Å². The van der Waals surface area contributed by atoms with Crippen molar-refractivity contribution in [2.75, 3.05) is 0 Å². The van der Waals surface area contributed by atoms with Crippen LogP contribution in [-0.2, 0) is 35.4 Å². The van der Waals surface area contributed by atoms with Crippen molar-refractivity contribution < 1.29 is 35.4 Å². The van der Waals surface area contributed by atoms with Gasteiger partial charge in [-0.15, -0.1) is 0 Å². The van der Waals surface area contributed by atoms with Crippen molar-refractivity contribution in [3.8, 4) is 0 Å². The minimum atomic E-state index is -3.59. The molecule has 0 fully saturated rings. The molecule has 36 heavy (non-hydrogen) atoms. The highest BCUT2D eigenvalue weighted by molar-refractivity contribution is 6.55. The summed E-state index contributed by atoms with van der Waals surface area (Å²) in [6.07, 6.45) is 4.29. The van der Waals surface area contributed by atoms with Gasteiger partial charge in [-0.3, -0.25) is 0 Å². The van der Waals surface area contributed by atoms with Gasteiger partial charge < -0.3 is 35.4 Å². The first-order chi connectivity index (χ1) is 16.8. The molecule has 0 amide bonds. The molecule has 218 valence electrons. The second-order valence-corrected chi connectivity index (χ2v) is 14.7. The second-order valence-electron chi connectivity index (χ2n) is 9.82. The standard InChI is InChI=1S/C25H58O8Si3/c1-13-19(7)26-35(27-20(8)14-2,28-21(9)15-3)32-25(34)33-36(29-22(10)16-4,30-23(11)17-5)31-24(12)18-6/h19-25H,13-18H2,1-12,34H3. The summed E-state index contributed by atoms with van der Waals surface area (Å²) in [5.41, 5.74) is 0. The molecule has 0 aromatic rings. The summed E-state index contributed by atoms with van der Waals surface area (Å²) in [5.74, 6) is -0.669. The minimum Gasteiger partial charge on any atom is -0.348 e. The van der Waals surface area contributed by atoms with Gasteiger partial charge in [0, 0.05) is 36.6 Å². The molecule has 0 aromatic carbocycles. The van der Waals surface area contributed by atoms with E-state index in [1.165, 1.54) is 0 Å². The normalized spacial score (nSPS) is 21.7. The maximum absolute atomic E-state index is 6.56. The van der Waals surface area contributed by atoms with Crippen molar-refractivity contribution in [1.29, 1.82) is 0 Å². The smallest absolute Gasteiger partial charge is 0.348 e. The molecule has 0 radical (unpaired) electrons.